The van der Waals surface area contributed by atoms with Crippen molar-refractivity contribution in [3.05, 3.63) is 99.7 Å². The number of hydrogen-bond acceptors (Lipinski definition) is 10. The number of hydrogen-bond donors (Lipinski definition) is 1. The summed E-state index contributed by atoms with van der Waals surface area (Å²) in [5.74, 6) is -2.70. The van der Waals surface area contributed by atoms with E-state index >= 15 is 0 Å². The van der Waals surface area contributed by atoms with Gasteiger partial charge in [-0.25, -0.2) is 9.59 Å². The molecule has 2 fully saturated rings. The molecule has 3 aliphatic heterocycles. The number of nitrogens with one attached hydrogen (secondary N) is 1. The number of alkyl halides is 3. The topological polar surface area (TPSA) is 148 Å². The summed E-state index contributed by atoms with van der Waals surface area (Å²) >= 11 is 0.214. The molecule has 1 N–H and O–H groups in total. The summed E-state index contributed by atoms with van der Waals surface area (Å²) in [7, 11) is -1.88. The van der Waals surface area contributed by atoms with E-state index in [0.717, 1.165) is 9.80 Å². The van der Waals surface area contributed by atoms with Gasteiger partial charge in [0.15, 0.2) is 6.10 Å². The third kappa shape index (κ3) is 7.05. The van der Waals surface area contributed by atoms with Crippen LogP contribution in [0, 0.1) is 0 Å². The maximum Gasteiger partial charge on any atom is 0.445 e. The van der Waals surface area contributed by atoms with Gasteiger partial charge in [0.2, 0.25) is 10.1 Å². The number of allylic oxidation sites excluding steroid dienone is 1. The largest absolute Gasteiger partial charge is 0.448 e. The van der Waals surface area contributed by atoms with E-state index in [1.807, 2.05) is 0 Å². The molecule has 2 aromatic carbocycles. The number of halogens is 3. The monoisotopic (exact) mass is 729 g/mol. The Hall–Kier alpha value is -4.90. The molecule has 12 nitrogen and oxygen atoms in total. The van der Waals surface area contributed by atoms with Gasteiger partial charge in [0.05, 0.1) is 16.6 Å². The van der Waals surface area contributed by atoms with Crippen LogP contribution < -0.4 is 10.2 Å². The van der Waals surface area contributed by atoms with Gasteiger partial charge >= 0.3 is 18.2 Å². The fourth-order valence-electron chi connectivity index (χ4n) is 5.67. The second-order valence-electron chi connectivity index (χ2n) is 12.5. The van der Waals surface area contributed by atoms with Crippen LogP contribution in [0.4, 0.5) is 23.1 Å². The molecule has 0 unspecified atom stereocenters. The third-order valence-electron chi connectivity index (χ3n) is 7.81. The summed E-state index contributed by atoms with van der Waals surface area (Å²) in [6, 6.07) is 16.5. The first-order valence-corrected chi connectivity index (χ1v) is 17.5. The number of nitrogens with zero attached hydrogens (tertiary/aromatic N) is 4. The van der Waals surface area contributed by atoms with Crippen LogP contribution in [0.25, 0.3) is 0 Å². The van der Waals surface area contributed by atoms with Crippen LogP contribution in [0.3, 0.4) is 0 Å². The molecule has 17 heteroatoms. The number of alkyl carbamates (subject to hydrolysis) is 1. The number of β-lactam (4-membered cyclic amide) rings is 1. The average molecular weight is 730 g/mol. The summed E-state index contributed by atoms with van der Waals surface area (Å²) in [5, 5.41) is 6.51. The number of esters is 1. The highest BCUT2D eigenvalue weighted by Gasteiger charge is 2.58. The predicted octanol–water partition coefficient (Wildman–Crippen LogP) is 4.63. The first-order chi connectivity index (χ1) is 23.6. The molecule has 50 heavy (non-hydrogen) atoms. The Morgan fingerprint density at radius 1 is 1.02 bits per heavy atom. The Balaban J connectivity index is 1.37. The van der Waals surface area contributed by atoms with E-state index in [9.17, 15) is 36.6 Å². The van der Waals surface area contributed by atoms with Crippen LogP contribution in [0.2, 0.25) is 0 Å². The molecule has 3 aliphatic rings. The highest BCUT2D eigenvalue weighted by Crippen LogP contribution is 2.40. The highest BCUT2D eigenvalue weighted by molar-refractivity contribution is 7.86. The number of carbonyl (C=O) groups excluding carboxylic acids is 4. The van der Waals surface area contributed by atoms with Crippen molar-refractivity contribution in [1.29, 1.82) is 0 Å². The molecule has 3 aromatic rings. The number of fused-ring (bicyclic) bond motifs is 1. The lowest BCUT2D eigenvalue weighted by atomic mass is 10.00. The third-order valence-corrected chi connectivity index (χ3v) is 10.4. The first kappa shape index (κ1) is 34.9. The molecular weight excluding hydrogens is 700 g/mol. The van der Waals surface area contributed by atoms with Crippen molar-refractivity contribution in [2.24, 2.45) is 0 Å². The van der Waals surface area contributed by atoms with Gasteiger partial charge < -0.3 is 14.8 Å². The maximum absolute atomic E-state index is 14.2. The van der Waals surface area contributed by atoms with Crippen LogP contribution in [-0.2, 0) is 40.8 Å². The molecule has 6 rings (SSSR count). The number of benzene rings is 2. The molecular formula is C33H30F3N5O7S2. The minimum Gasteiger partial charge on any atom is -0.448 e. The standard InChI is InChI=1S/C33H30F3N5O7S2/c1-32(2,3)48-31(45)37-22-26(43)41-23(28(44)47-24(18-10-6-4-7-11-18)19-12-8-5-9-13-19)21(17-50(46)27(22)41)16-20-14-15-40(25(20)42)30-39-38-29(49-30)33(34,35)36/h4-13,16,22,24,27H,14-15,17H2,1-3H3,(H,37,45)/b20-16+/t22-,27-,50-/m1/s1. The molecule has 262 valence electrons. The average Bonchev–Trinajstić information content (AvgIpc) is 3.69. The van der Waals surface area contributed by atoms with Gasteiger partial charge in [-0.05, 0) is 50.0 Å². The Morgan fingerprint density at radius 3 is 2.20 bits per heavy atom. The highest BCUT2D eigenvalue weighted by atomic mass is 32.2. The molecule has 0 aliphatic carbocycles. The zero-order valence-corrected chi connectivity index (χ0v) is 28.4. The number of ether oxygens (including phenoxy) is 2. The minimum absolute atomic E-state index is 0.0233. The van der Waals surface area contributed by atoms with E-state index < -0.39 is 69.0 Å². The van der Waals surface area contributed by atoms with Crippen LogP contribution >= 0.6 is 11.3 Å². The van der Waals surface area contributed by atoms with Crippen molar-refractivity contribution in [3.8, 4) is 0 Å². The smallest absolute Gasteiger partial charge is 0.445 e. The Bertz CT molecular complexity index is 1890. The first-order valence-electron chi connectivity index (χ1n) is 15.3. The Labute approximate surface area is 290 Å². The van der Waals surface area contributed by atoms with Crippen LogP contribution in [0.5, 0.6) is 0 Å². The van der Waals surface area contributed by atoms with Gasteiger partial charge in [-0.15, -0.1) is 10.2 Å². The van der Waals surface area contributed by atoms with Crippen molar-refractivity contribution >= 4 is 51.1 Å². The maximum atomic E-state index is 14.2. The van der Waals surface area contributed by atoms with Crippen molar-refractivity contribution in [2.75, 3.05) is 17.2 Å². The normalized spacial score (nSPS) is 21.7. The SMILES string of the molecule is CC(C)(C)OC(=O)N[C@@H]1C(=O)N2C(C(=O)OC(c3ccccc3)c3ccccc3)=C(/C=C3\CCN(c4nnc(C(F)(F)F)s4)C3=O)C[S@@](=O)[C@H]12. The van der Waals surface area contributed by atoms with Crippen molar-refractivity contribution < 1.29 is 46.0 Å². The fourth-order valence-corrected chi connectivity index (χ4v) is 8.03. The van der Waals surface area contributed by atoms with E-state index in [1.54, 1.807) is 81.4 Å². The van der Waals surface area contributed by atoms with Crippen molar-refractivity contribution in [1.82, 2.24) is 20.4 Å². The Morgan fingerprint density at radius 2 is 1.64 bits per heavy atom. The fraction of sp³-hybridized carbons (Fsp3) is 0.333. The zero-order chi connectivity index (χ0) is 36.0. The second kappa shape index (κ2) is 13.4. The van der Waals surface area contributed by atoms with Crippen molar-refractivity contribution in [2.45, 2.75) is 56.5 Å². The van der Waals surface area contributed by atoms with Gasteiger partial charge in [-0.3, -0.25) is 23.6 Å². The van der Waals surface area contributed by atoms with Gasteiger partial charge in [-0.2, -0.15) is 13.2 Å². The second-order valence-corrected chi connectivity index (χ2v) is 15.0. The van der Waals surface area contributed by atoms with E-state index in [2.05, 4.69) is 15.5 Å². The Kier molecular flexibility index (Phi) is 9.39. The van der Waals surface area contributed by atoms with Crippen LogP contribution in [0.1, 0.15) is 49.4 Å². The molecule has 3 amide bonds. The number of aromatic nitrogens is 2. The summed E-state index contributed by atoms with van der Waals surface area (Å²) in [6.07, 6.45) is -5.20. The molecule has 0 saturated carbocycles. The summed E-state index contributed by atoms with van der Waals surface area (Å²) in [4.78, 5) is 55.9. The molecule has 0 spiro atoms. The molecule has 2 saturated heterocycles. The van der Waals surface area contributed by atoms with Gasteiger partial charge in [0.25, 0.3) is 11.8 Å². The molecule has 0 radical (unpaired) electrons. The van der Waals surface area contributed by atoms with E-state index in [1.165, 1.54) is 6.08 Å². The van der Waals surface area contributed by atoms with Gasteiger partial charge in [0, 0.05) is 12.1 Å². The van der Waals surface area contributed by atoms with Crippen LogP contribution in [-0.4, -0.2) is 72.5 Å². The quantitative estimate of drug-likeness (QED) is 0.209. The van der Waals surface area contributed by atoms with E-state index in [0.29, 0.717) is 11.1 Å². The number of carbonyl (C=O) groups is 4. The van der Waals surface area contributed by atoms with E-state index in [-0.39, 0.29) is 52.0 Å². The lowest BCUT2D eigenvalue weighted by Crippen LogP contribution is -2.73. The molecule has 0 bridgehead atoms. The zero-order valence-electron chi connectivity index (χ0n) is 26.8. The minimum atomic E-state index is -4.74. The lowest BCUT2D eigenvalue weighted by molar-refractivity contribution is -0.153. The summed E-state index contributed by atoms with van der Waals surface area (Å²) in [6.45, 7) is 4.89. The summed E-state index contributed by atoms with van der Waals surface area (Å²) < 4.78 is 64.5. The molecule has 1 aromatic heterocycles. The number of amides is 3. The van der Waals surface area contributed by atoms with Crippen molar-refractivity contribution in [3.63, 3.8) is 0 Å². The van der Waals surface area contributed by atoms with E-state index in [4.69, 9.17) is 9.47 Å². The lowest BCUT2D eigenvalue weighted by Gasteiger charge is -2.49. The number of rotatable bonds is 7. The van der Waals surface area contributed by atoms with Crippen LogP contribution in [0.15, 0.2) is 83.6 Å². The summed E-state index contributed by atoms with van der Waals surface area (Å²) in [5.41, 5.74) is 0.230. The molecule has 4 heterocycles. The van der Waals surface area contributed by atoms with Gasteiger partial charge in [0.1, 0.15) is 22.7 Å². The van der Waals surface area contributed by atoms with Gasteiger partial charge in [-0.1, -0.05) is 72.0 Å². The number of anilines is 1. The molecule has 3 atom stereocenters. The predicted molar refractivity (Wildman–Crippen MR) is 175 cm³/mol.